The lowest BCUT2D eigenvalue weighted by molar-refractivity contribution is -0.143. The van der Waals surface area contributed by atoms with Crippen LogP contribution in [0.1, 0.15) is 35.1 Å². The summed E-state index contributed by atoms with van der Waals surface area (Å²) < 4.78 is 8.45. The van der Waals surface area contributed by atoms with E-state index in [4.69, 9.17) is 4.74 Å². The zero-order valence-electron chi connectivity index (χ0n) is 9.86. The number of hydrogen-bond donors (Lipinski definition) is 1. The summed E-state index contributed by atoms with van der Waals surface area (Å²) in [5, 5.41) is 6.46. The minimum atomic E-state index is -0.239. The van der Waals surface area contributed by atoms with Crippen LogP contribution in [-0.4, -0.2) is 34.6 Å². The molecule has 6 nitrogen and oxygen atoms in total. The van der Waals surface area contributed by atoms with Crippen LogP contribution in [-0.2, 0) is 9.53 Å². The van der Waals surface area contributed by atoms with Crippen LogP contribution >= 0.6 is 11.5 Å². The highest BCUT2D eigenvalue weighted by Gasteiger charge is 2.12. The normalized spacial score (nSPS) is 10.0. The maximum Gasteiger partial charge on any atom is 0.305 e. The SMILES string of the molecule is CCOC(=O)CCCNC(=O)c1snnc1C. The van der Waals surface area contributed by atoms with Gasteiger partial charge in [-0.05, 0) is 31.8 Å². The molecule has 0 saturated carbocycles. The van der Waals surface area contributed by atoms with E-state index < -0.39 is 0 Å². The van der Waals surface area contributed by atoms with Crippen LogP contribution in [0, 0.1) is 6.92 Å². The summed E-state index contributed by atoms with van der Waals surface area (Å²) in [4.78, 5) is 23.1. The molecule has 0 fully saturated rings. The number of ether oxygens (including phenoxy) is 1. The molecule has 94 valence electrons. The first-order chi connectivity index (χ1) is 8.15. The molecule has 1 aromatic rings. The number of hydrogen-bond acceptors (Lipinski definition) is 6. The average Bonchev–Trinajstić information content (AvgIpc) is 2.71. The highest BCUT2D eigenvalue weighted by Crippen LogP contribution is 2.08. The van der Waals surface area contributed by atoms with E-state index in [1.807, 2.05) is 0 Å². The van der Waals surface area contributed by atoms with Crippen molar-refractivity contribution in [3.8, 4) is 0 Å². The van der Waals surface area contributed by atoms with E-state index in [0.29, 0.717) is 36.6 Å². The van der Waals surface area contributed by atoms with Crippen LogP contribution in [0.5, 0.6) is 0 Å². The molecule has 1 aromatic heterocycles. The van der Waals surface area contributed by atoms with Gasteiger partial charge >= 0.3 is 5.97 Å². The maximum absolute atomic E-state index is 11.6. The summed E-state index contributed by atoms with van der Waals surface area (Å²) in [6, 6.07) is 0. The molecule has 1 rings (SSSR count). The number of carbonyl (C=O) groups is 2. The van der Waals surface area contributed by atoms with Gasteiger partial charge in [0.15, 0.2) is 0 Å². The van der Waals surface area contributed by atoms with Gasteiger partial charge in [-0.15, -0.1) is 5.10 Å². The number of nitrogens with zero attached hydrogens (tertiary/aromatic N) is 2. The molecule has 0 unspecified atom stereocenters. The first-order valence-electron chi connectivity index (χ1n) is 5.38. The minimum absolute atomic E-state index is 0.193. The van der Waals surface area contributed by atoms with Crippen molar-refractivity contribution in [2.24, 2.45) is 0 Å². The fourth-order valence-electron chi connectivity index (χ4n) is 1.19. The maximum atomic E-state index is 11.6. The van der Waals surface area contributed by atoms with Crippen LogP contribution in [0.2, 0.25) is 0 Å². The first-order valence-corrected chi connectivity index (χ1v) is 6.15. The Hall–Kier alpha value is -1.50. The Kier molecular flexibility index (Phi) is 5.55. The molecule has 0 saturated heterocycles. The lowest BCUT2D eigenvalue weighted by Crippen LogP contribution is -2.24. The number of aryl methyl sites for hydroxylation is 1. The first kappa shape index (κ1) is 13.6. The van der Waals surface area contributed by atoms with Crippen molar-refractivity contribution < 1.29 is 14.3 Å². The Bertz CT molecular complexity index is 392. The molecule has 0 atom stereocenters. The van der Waals surface area contributed by atoms with Crippen LogP contribution in [0.15, 0.2) is 0 Å². The Morgan fingerprint density at radius 3 is 2.82 bits per heavy atom. The predicted octanol–water partition coefficient (Wildman–Crippen LogP) is 0.920. The van der Waals surface area contributed by atoms with Crippen molar-refractivity contribution in [3.63, 3.8) is 0 Å². The zero-order valence-corrected chi connectivity index (χ0v) is 10.7. The fourth-order valence-corrected chi connectivity index (χ4v) is 1.76. The third-order valence-corrected chi connectivity index (χ3v) is 2.83. The number of rotatable bonds is 6. The molecule has 0 bridgehead atoms. The zero-order chi connectivity index (χ0) is 12.7. The summed E-state index contributed by atoms with van der Waals surface area (Å²) >= 11 is 1.07. The molecule has 1 heterocycles. The molecular weight excluding hydrogens is 242 g/mol. The van der Waals surface area contributed by atoms with Gasteiger partial charge in [-0.2, -0.15) is 0 Å². The van der Waals surface area contributed by atoms with Crippen LogP contribution in [0.25, 0.3) is 0 Å². The number of carbonyl (C=O) groups excluding carboxylic acids is 2. The van der Waals surface area contributed by atoms with Gasteiger partial charge in [0, 0.05) is 13.0 Å². The smallest absolute Gasteiger partial charge is 0.305 e. The van der Waals surface area contributed by atoms with Gasteiger partial charge in [0.2, 0.25) is 0 Å². The average molecular weight is 257 g/mol. The van der Waals surface area contributed by atoms with Gasteiger partial charge in [0.1, 0.15) is 4.88 Å². The molecule has 17 heavy (non-hydrogen) atoms. The molecule has 0 aliphatic rings. The van der Waals surface area contributed by atoms with Gasteiger partial charge in [-0.3, -0.25) is 9.59 Å². The van der Waals surface area contributed by atoms with Crippen molar-refractivity contribution in [2.45, 2.75) is 26.7 Å². The lowest BCUT2D eigenvalue weighted by atomic mass is 10.3. The van der Waals surface area contributed by atoms with Gasteiger partial charge < -0.3 is 10.1 Å². The van der Waals surface area contributed by atoms with Crippen molar-refractivity contribution in [3.05, 3.63) is 10.6 Å². The quantitative estimate of drug-likeness (QED) is 0.605. The highest BCUT2D eigenvalue weighted by atomic mass is 32.1. The van der Waals surface area contributed by atoms with Crippen molar-refractivity contribution >= 4 is 23.4 Å². The monoisotopic (exact) mass is 257 g/mol. The Labute approximate surface area is 104 Å². The highest BCUT2D eigenvalue weighted by molar-refractivity contribution is 7.07. The van der Waals surface area contributed by atoms with E-state index in [0.717, 1.165) is 11.5 Å². The van der Waals surface area contributed by atoms with Crippen LogP contribution in [0.3, 0.4) is 0 Å². The van der Waals surface area contributed by atoms with E-state index in [1.54, 1.807) is 13.8 Å². The Morgan fingerprint density at radius 2 is 2.24 bits per heavy atom. The summed E-state index contributed by atoms with van der Waals surface area (Å²) in [6.45, 7) is 4.32. The van der Waals surface area contributed by atoms with Gasteiger partial charge in [0.25, 0.3) is 5.91 Å². The summed E-state index contributed by atoms with van der Waals surface area (Å²) in [7, 11) is 0. The van der Waals surface area contributed by atoms with Crippen molar-refractivity contribution in [1.82, 2.24) is 14.9 Å². The van der Waals surface area contributed by atoms with E-state index in [9.17, 15) is 9.59 Å². The van der Waals surface area contributed by atoms with Crippen molar-refractivity contribution in [2.75, 3.05) is 13.2 Å². The Balaban J connectivity index is 2.21. The number of aromatic nitrogens is 2. The molecule has 0 spiro atoms. The predicted molar refractivity (Wildman–Crippen MR) is 62.8 cm³/mol. The molecule has 1 amide bonds. The van der Waals surface area contributed by atoms with Gasteiger partial charge in [-0.25, -0.2) is 0 Å². The number of nitrogens with one attached hydrogen (secondary N) is 1. The summed E-state index contributed by atoms with van der Waals surface area (Å²) in [5.41, 5.74) is 0.623. The standard InChI is InChI=1S/C10H15N3O3S/c1-3-16-8(14)5-4-6-11-10(15)9-7(2)12-13-17-9/h3-6H2,1-2H3,(H,11,15). The van der Waals surface area contributed by atoms with Gasteiger partial charge in [0.05, 0.1) is 12.3 Å². The van der Waals surface area contributed by atoms with E-state index in [2.05, 4.69) is 14.9 Å². The fraction of sp³-hybridized carbons (Fsp3) is 0.600. The van der Waals surface area contributed by atoms with E-state index in [1.165, 1.54) is 0 Å². The number of amides is 1. The molecule has 1 N–H and O–H groups in total. The van der Waals surface area contributed by atoms with Crippen LogP contribution < -0.4 is 5.32 Å². The molecule has 7 heteroatoms. The number of esters is 1. The summed E-state index contributed by atoms with van der Waals surface area (Å²) in [5.74, 6) is -0.432. The molecular formula is C10H15N3O3S. The second-order valence-electron chi connectivity index (χ2n) is 3.35. The Morgan fingerprint density at radius 1 is 1.47 bits per heavy atom. The largest absolute Gasteiger partial charge is 0.466 e. The summed E-state index contributed by atoms with van der Waals surface area (Å²) in [6.07, 6.45) is 0.879. The van der Waals surface area contributed by atoms with Gasteiger partial charge in [-0.1, -0.05) is 4.49 Å². The van der Waals surface area contributed by atoms with Crippen molar-refractivity contribution in [1.29, 1.82) is 0 Å². The molecule has 0 radical (unpaired) electrons. The van der Waals surface area contributed by atoms with E-state index >= 15 is 0 Å². The van der Waals surface area contributed by atoms with Crippen LogP contribution in [0.4, 0.5) is 0 Å². The third-order valence-electron chi connectivity index (χ3n) is 2.01. The lowest BCUT2D eigenvalue weighted by Gasteiger charge is -2.03. The second kappa shape index (κ2) is 6.95. The third kappa shape index (κ3) is 4.48. The molecule has 0 aliphatic heterocycles. The molecule has 0 aliphatic carbocycles. The molecule has 0 aromatic carbocycles. The second-order valence-corrected chi connectivity index (χ2v) is 4.11. The minimum Gasteiger partial charge on any atom is -0.466 e. The topological polar surface area (TPSA) is 81.2 Å². The van der Waals surface area contributed by atoms with E-state index in [-0.39, 0.29) is 11.9 Å².